The summed E-state index contributed by atoms with van der Waals surface area (Å²) in [7, 11) is 0. The number of benzene rings is 3. The van der Waals surface area contributed by atoms with E-state index in [1.165, 1.54) is 0 Å². The molecule has 6 nitrogen and oxygen atoms in total. The molecule has 0 fully saturated rings. The van der Waals surface area contributed by atoms with E-state index in [1.807, 2.05) is 91.0 Å². The second-order valence-corrected chi connectivity index (χ2v) is 8.19. The van der Waals surface area contributed by atoms with Gasteiger partial charge in [0.15, 0.2) is 0 Å². The highest BCUT2D eigenvalue weighted by Crippen LogP contribution is 2.29. The monoisotopic (exact) mass is 448 g/mol. The Bertz CT molecular complexity index is 1430. The lowest BCUT2D eigenvalue weighted by Gasteiger charge is -2.24. The minimum Gasteiger partial charge on any atom is -0.357 e. The topological polar surface area (TPSA) is 104 Å². The first-order valence-corrected chi connectivity index (χ1v) is 11.1. The molecular weight excluding hydrogens is 424 g/mol. The summed E-state index contributed by atoms with van der Waals surface area (Å²) in [6, 6.07) is 28.3. The van der Waals surface area contributed by atoms with E-state index in [1.54, 1.807) is 12.4 Å². The van der Waals surface area contributed by atoms with Crippen LogP contribution in [0.5, 0.6) is 0 Å². The van der Waals surface area contributed by atoms with Crippen LogP contribution in [0.2, 0.25) is 0 Å². The summed E-state index contributed by atoms with van der Waals surface area (Å²) in [6.45, 7) is 0. The Hall–Kier alpha value is -4.42. The molecule has 6 heteroatoms. The second kappa shape index (κ2) is 9.21. The lowest BCUT2D eigenvalue weighted by molar-refractivity contribution is -0.117. The van der Waals surface area contributed by atoms with Crippen LogP contribution in [-0.4, -0.2) is 21.9 Å². The number of anilines is 1. The molecule has 0 aliphatic heterocycles. The molecule has 2 heterocycles. The van der Waals surface area contributed by atoms with E-state index >= 15 is 0 Å². The standard InChI is InChI=1S/C28H24N4O2/c29-25(24(19-7-3-1-4-8-19)20-9-5-2-6-10-20)27(33)32-21-13-11-18(12-14-21)23-17-31-28(34)26-22(23)15-16-30-26/h1-17,24-25,30H,29H2,(H,31,34)(H,32,33). The molecule has 5 aromatic rings. The summed E-state index contributed by atoms with van der Waals surface area (Å²) in [5.41, 5.74) is 11.3. The highest BCUT2D eigenvalue weighted by atomic mass is 16.2. The molecular formula is C28H24N4O2. The second-order valence-electron chi connectivity index (χ2n) is 8.19. The van der Waals surface area contributed by atoms with Crippen molar-refractivity contribution in [3.8, 4) is 11.1 Å². The van der Waals surface area contributed by atoms with Crippen molar-refractivity contribution < 1.29 is 4.79 Å². The van der Waals surface area contributed by atoms with Crippen molar-refractivity contribution in [3.63, 3.8) is 0 Å². The Labute approximate surface area is 196 Å². The number of aromatic amines is 2. The van der Waals surface area contributed by atoms with Crippen molar-refractivity contribution in [2.24, 2.45) is 5.73 Å². The molecule has 0 aliphatic carbocycles. The van der Waals surface area contributed by atoms with E-state index in [0.717, 1.165) is 27.6 Å². The van der Waals surface area contributed by atoms with Gasteiger partial charge in [-0.15, -0.1) is 0 Å². The molecule has 168 valence electrons. The predicted octanol–water partition coefficient (Wildman–Crippen LogP) is 4.62. The van der Waals surface area contributed by atoms with E-state index in [2.05, 4.69) is 15.3 Å². The largest absolute Gasteiger partial charge is 0.357 e. The number of hydrogen-bond donors (Lipinski definition) is 4. The maximum Gasteiger partial charge on any atom is 0.272 e. The molecule has 5 rings (SSSR count). The van der Waals surface area contributed by atoms with Gasteiger partial charge in [0.1, 0.15) is 5.52 Å². The molecule has 5 N–H and O–H groups in total. The summed E-state index contributed by atoms with van der Waals surface area (Å²) >= 11 is 0. The molecule has 1 amide bonds. The number of pyridine rings is 1. The third kappa shape index (κ3) is 4.14. The molecule has 1 unspecified atom stereocenters. The van der Waals surface area contributed by atoms with E-state index in [-0.39, 0.29) is 17.4 Å². The van der Waals surface area contributed by atoms with Gasteiger partial charge in [0.25, 0.3) is 5.56 Å². The fourth-order valence-corrected chi connectivity index (χ4v) is 4.35. The average Bonchev–Trinajstić information content (AvgIpc) is 3.37. The van der Waals surface area contributed by atoms with Crippen LogP contribution in [0.1, 0.15) is 17.0 Å². The summed E-state index contributed by atoms with van der Waals surface area (Å²) in [4.78, 5) is 30.9. The fraction of sp³-hybridized carbons (Fsp3) is 0.0714. The first-order valence-electron chi connectivity index (χ1n) is 11.1. The fourth-order valence-electron chi connectivity index (χ4n) is 4.35. The molecule has 0 radical (unpaired) electrons. The van der Waals surface area contributed by atoms with E-state index < -0.39 is 6.04 Å². The van der Waals surface area contributed by atoms with Gasteiger partial charge in [-0.25, -0.2) is 0 Å². The zero-order valence-electron chi connectivity index (χ0n) is 18.4. The lowest BCUT2D eigenvalue weighted by Crippen LogP contribution is -2.41. The zero-order chi connectivity index (χ0) is 23.5. The molecule has 1 atom stereocenters. The number of hydrogen-bond acceptors (Lipinski definition) is 3. The van der Waals surface area contributed by atoms with E-state index in [4.69, 9.17) is 5.73 Å². The van der Waals surface area contributed by atoms with Crippen LogP contribution in [0.15, 0.2) is 108 Å². The number of nitrogens with one attached hydrogen (secondary N) is 3. The Morgan fingerprint density at radius 1 is 0.794 bits per heavy atom. The summed E-state index contributed by atoms with van der Waals surface area (Å²) in [5.74, 6) is -0.535. The van der Waals surface area contributed by atoms with Crippen LogP contribution in [0.25, 0.3) is 22.0 Å². The number of carbonyl (C=O) groups is 1. The maximum absolute atomic E-state index is 13.2. The molecule has 34 heavy (non-hydrogen) atoms. The predicted molar refractivity (Wildman–Crippen MR) is 136 cm³/mol. The molecule has 2 aromatic heterocycles. The molecule has 0 spiro atoms. The summed E-state index contributed by atoms with van der Waals surface area (Å²) < 4.78 is 0. The number of carbonyl (C=O) groups excluding carboxylic acids is 1. The van der Waals surface area contributed by atoms with Crippen molar-refractivity contribution in [2.75, 3.05) is 5.32 Å². The number of aromatic nitrogens is 2. The third-order valence-electron chi connectivity index (χ3n) is 6.05. The molecule has 0 saturated heterocycles. The van der Waals surface area contributed by atoms with Crippen LogP contribution in [0.4, 0.5) is 5.69 Å². The normalized spacial score (nSPS) is 12.1. The van der Waals surface area contributed by atoms with Crippen molar-refractivity contribution in [1.82, 2.24) is 9.97 Å². The van der Waals surface area contributed by atoms with Crippen molar-refractivity contribution in [1.29, 1.82) is 0 Å². The van der Waals surface area contributed by atoms with Gasteiger partial charge in [-0.2, -0.15) is 0 Å². The smallest absolute Gasteiger partial charge is 0.272 e. The number of H-pyrrole nitrogens is 2. The number of rotatable bonds is 6. The van der Waals surface area contributed by atoms with Gasteiger partial charge >= 0.3 is 0 Å². The Morgan fingerprint density at radius 2 is 1.41 bits per heavy atom. The Kier molecular flexibility index (Phi) is 5.81. The highest BCUT2D eigenvalue weighted by molar-refractivity contribution is 5.97. The van der Waals surface area contributed by atoms with Crippen LogP contribution >= 0.6 is 0 Å². The van der Waals surface area contributed by atoms with Crippen LogP contribution in [0.3, 0.4) is 0 Å². The highest BCUT2D eigenvalue weighted by Gasteiger charge is 2.27. The average molecular weight is 449 g/mol. The minimum atomic E-state index is -0.775. The van der Waals surface area contributed by atoms with Gasteiger partial charge in [-0.1, -0.05) is 72.8 Å². The quantitative estimate of drug-likeness (QED) is 0.305. The maximum atomic E-state index is 13.2. The van der Waals surface area contributed by atoms with Gasteiger partial charge in [0.2, 0.25) is 5.91 Å². The molecule has 0 saturated carbocycles. The Morgan fingerprint density at radius 3 is 2.03 bits per heavy atom. The first-order chi connectivity index (χ1) is 16.6. The molecule has 0 bridgehead atoms. The van der Waals surface area contributed by atoms with E-state index in [9.17, 15) is 9.59 Å². The van der Waals surface area contributed by atoms with Crippen LogP contribution in [-0.2, 0) is 4.79 Å². The SMILES string of the molecule is NC(C(=O)Nc1ccc(-c2c[nH]c(=O)c3[nH]ccc23)cc1)C(c1ccccc1)c1ccccc1. The lowest BCUT2D eigenvalue weighted by atomic mass is 9.85. The zero-order valence-corrected chi connectivity index (χ0v) is 18.4. The minimum absolute atomic E-state index is 0.159. The van der Waals surface area contributed by atoms with Gasteiger partial charge in [-0.3, -0.25) is 9.59 Å². The molecule has 3 aromatic carbocycles. The first kappa shape index (κ1) is 21.4. The van der Waals surface area contributed by atoms with Crippen molar-refractivity contribution in [3.05, 3.63) is 125 Å². The van der Waals surface area contributed by atoms with Gasteiger partial charge in [0, 0.05) is 34.9 Å². The van der Waals surface area contributed by atoms with Gasteiger partial charge in [0.05, 0.1) is 6.04 Å². The van der Waals surface area contributed by atoms with Crippen molar-refractivity contribution >= 4 is 22.5 Å². The summed E-state index contributed by atoms with van der Waals surface area (Å²) in [5, 5.41) is 3.80. The number of fused-ring (bicyclic) bond motifs is 1. The van der Waals surface area contributed by atoms with Gasteiger partial charge < -0.3 is 21.0 Å². The van der Waals surface area contributed by atoms with Crippen LogP contribution in [0, 0.1) is 0 Å². The number of nitrogens with two attached hydrogens (primary N) is 1. The third-order valence-corrected chi connectivity index (χ3v) is 6.05. The number of amides is 1. The Balaban J connectivity index is 1.38. The van der Waals surface area contributed by atoms with Crippen molar-refractivity contribution in [2.45, 2.75) is 12.0 Å². The summed E-state index contributed by atoms with van der Waals surface area (Å²) in [6.07, 6.45) is 3.45. The molecule has 0 aliphatic rings. The van der Waals surface area contributed by atoms with Crippen LogP contribution < -0.4 is 16.6 Å². The van der Waals surface area contributed by atoms with Gasteiger partial charge in [-0.05, 0) is 34.9 Å². The van der Waals surface area contributed by atoms with E-state index in [0.29, 0.717) is 11.2 Å².